The molecule has 0 aromatic heterocycles. The molecule has 0 spiro atoms. The lowest BCUT2D eigenvalue weighted by Gasteiger charge is -2.27. The van der Waals surface area contributed by atoms with Gasteiger partial charge in [0.1, 0.15) is 11.5 Å². The Morgan fingerprint density at radius 2 is 1.00 bits per heavy atom. The van der Waals surface area contributed by atoms with Crippen LogP contribution in [-0.4, -0.2) is 35.2 Å². The summed E-state index contributed by atoms with van der Waals surface area (Å²) in [6.07, 6.45) is 3.54. The van der Waals surface area contributed by atoms with Crippen molar-refractivity contribution in [3.8, 4) is 11.5 Å². The van der Waals surface area contributed by atoms with Gasteiger partial charge >= 0.3 is 0 Å². The van der Waals surface area contributed by atoms with Crippen LogP contribution in [0.15, 0.2) is 34.3 Å². The van der Waals surface area contributed by atoms with E-state index in [1.807, 2.05) is 19.1 Å². The van der Waals surface area contributed by atoms with E-state index in [1.54, 1.807) is 12.4 Å². The molecule has 4 nitrogen and oxygen atoms in total. The van der Waals surface area contributed by atoms with Crippen LogP contribution < -0.4 is 0 Å². The zero-order chi connectivity index (χ0) is 28.6. The number of rotatable bonds is 5. The minimum absolute atomic E-state index is 0.0383. The molecule has 0 saturated carbocycles. The molecule has 0 heterocycles. The fourth-order valence-electron chi connectivity index (χ4n) is 4.08. The molecule has 0 radical (unpaired) electrons. The van der Waals surface area contributed by atoms with Gasteiger partial charge in [-0.15, -0.1) is 0 Å². The molecule has 37 heavy (non-hydrogen) atoms. The lowest BCUT2D eigenvalue weighted by atomic mass is 9.79. The van der Waals surface area contributed by atoms with Gasteiger partial charge in [-0.2, -0.15) is 0 Å². The minimum atomic E-state index is -0.181. The zero-order valence-corrected chi connectivity index (χ0v) is 25.5. The third kappa shape index (κ3) is 7.93. The van der Waals surface area contributed by atoms with Gasteiger partial charge < -0.3 is 10.2 Å². The number of phenolic OH excluding ortho intramolecular Hbond substituents is 2. The highest BCUT2D eigenvalue weighted by Gasteiger charge is 2.26. The van der Waals surface area contributed by atoms with Gasteiger partial charge in [0.25, 0.3) is 0 Å². The molecule has 0 aliphatic heterocycles. The molecule has 0 unspecified atom stereocenters. The predicted octanol–water partition coefficient (Wildman–Crippen LogP) is 8.21. The molecule has 2 aromatic rings. The summed E-state index contributed by atoms with van der Waals surface area (Å²) in [6, 6.07) is 8.22. The van der Waals surface area contributed by atoms with Gasteiger partial charge in [-0.25, -0.2) is 0 Å². The average Bonchev–Trinajstić information content (AvgIpc) is 2.70. The van der Waals surface area contributed by atoms with E-state index in [9.17, 15) is 10.2 Å². The molecule has 2 N–H and O–H groups in total. The van der Waals surface area contributed by atoms with Gasteiger partial charge in [0.05, 0.1) is 12.6 Å². The molecule has 2 aromatic carbocycles. The molecule has 0 saturated heterocycles. The second kappa shape index (κ2) is 10.6. The molecular weight excluding hydrogens is 456 g/mol. The van der Waals surface area contributed by atoms with E-state index in [-0.39, 0.29) is 27.7 Å². The Bertz CT molecular complexity index is 1160. The smallest absolute Gasteiger partial charge is 0.128 e. The maximum Gasteiger partial charge on any atom is 0.128 e. The van der Waals surface area contributed by atoms with Crippen LogP contribution in [0.4, 0.5) is 0 Å². The van der Waals surface area contributed by atoms with Gasteiger partial charge in [-0.05, 0) is 51.8 Å². The first-order chi connectivity index (χ1) is 16.6. The monoisotopic (exact) mass is 506 g/mol. The first kappa shape index (κ1) is 30.6. The van der Waals surface area contributed by atoms with Crippen LogP contribution in [0.3, 0.4) is 0 Å². The molecule has 0 fully saturated rings. The fraction of sp³-hybridized carbons (Fsp3) is 0.576. The van der Waals surface area contributed by atoms with Crippen LogP contribution in [0.5, 0.6) is 11.5 Å². The van der Waals surface area contributed by atoms with Crippen LogP contribution in [0.2, 0.25) is 0 Å². The van der Waals surface area contributed by atoms with Crippen molar-refractivity contribution in [1.29, 1.82) is 0 Å². The highest BCUT2D eigenvalue weighted by atomic mass is 16.3. The molecule has 204 valence electrons. The zero-order valence-electron chi connectivity index (χ0n) is 25.5. The Kier molecular flexibility index (Phi) is 8.79. The predicted molar refractivity (Wildman–Crippen MR) is 161 cm³/mol. The minimum Gasteiger partial charge on any atom is -0.507 e. The highest BCUT2D eigenvalue weighted by molar-refractivity contribution is 5.86. The lowest BCUT2D eigenvalue weighted by molar-refractivity contribution is 0.443. The van der Waals surface area contributed by atoms with Crippen molar-refractivity contribution in [2.45, 2.75) is 118 Å². The van der Waals surface area contributed by atoms with E-state index >= 15 is 0 Å². The number of aliphatic imine (C=N–C) groups is 2. The number of aromatic hydroxyl groups is 2. The molecule has 0 aliphatic carbocycles. The van der Waals surface area contributed by atoms with E-state index < -0.39 is 0 Å². The number of hydrogen-bond donors (Lipinski definition) is 2. The summed E-state index contributed by atoms with van der Waals surface area (Å²) in [7, 11) is 0. The summed E-state index contributed by atoms with van der Waals surface area (Å²) in [5, 5.41) is 22.0. The standard InChI is InChI=1S/C33H50N2O2/c1-21(35-20-23-15-25(31(5,6)7)17-27(29(23)37)33(11,12)13)18-34-19-22-14-24(30(2,3)4)16-26(28(22)36)32(8,9)10/h14-17,19-21,36-37H,18H2,1-13H3/t21-/m0/s1. The molecule has 4 heteroatoms. The van der Waals surface area contributed by atoms with Crippen molar-refractivity contribution in [3.05, 3.63) is 57.6 Å². The van der Waals surface area contributed by atoms with Crippen LogP contribution in [-0.2, 0) is 21.7 Å². The summed E-state index contributed by atoms with van der Waals surface area (Å²) in [4.78, 5) is 9.34. The van der Waals surface area contributed by atoms with Crippen LogP contribution in [0.25, 0.3) is 0 Å². The normalized spacial score (nSPS) is 14.6. The van der Waals surface area contributed by atoms with Gasteiger partial charge in [-0.3, -0.25) is 9.98 Å². The number of hydrogen-bond acceptors (Lipinski definition) is 4. The van der Waals surface area contributed by atoms with Gasteiger partial charge in [0.2, 0.25) is 0 Å². The Morgan fingerprint density at radius 3 is 1.35 bits per heavy atom. The van der Waals surface area contributed by atoms with Crippen molar-refractivity contribution in [2.75, 3.05) is 6.54 Å². The van der Waals surface area contributed by atoms with E-state index in [1.165, 1.54) is 11.1 Å². The van der Waals surface area contributed by atoms with Gasteiger partial charge in [0, 0.05) is 34.7 Å². The van der Waals surface area contributed by atoms with Crippen molar-refractivity contribution in [1.82, 2.24) is 0 Å². The van der Waals surface area contributed by atoms with E-state index in [2.05, 4.69) is 100 Å². The summed E-state index contributed by atoms with van der Waals surface area (Å²) in [5.74, 6) is 0.581. The Balaban J connectivity index is 2.35. The maximum absolute atomic E-state index is 11.0. The SMILES string of the molecule is C[C@@H](CN=Cc1cc(C(C)(C)C)cc(C(C)(C)C)c1O)N=Cc1cc(C(C)(C)C)cc(C(C)(C)C)c1O. The first-order valence-corrected chi connectivity index (χ1v) is 13.4. The van der Waals surface area contributed by atoms with Crippen molar-refractivity contribution >= 4 is 12.4 Å². The Hall–Kier alpha value is -2.62. The summed E-state index contributed by atoms with van der Waals surface area (Å²) in [6.45, 7) is 28.2. The molecule has 0 bridgehead atoms. The topological polar surface area (TPSA) is 65.2 Å². The summed E-state index contributed by atoms with van der Waals surface area (Å²) < 4.78 is 0. The summed E-state index contributed by atoms with van der Waals surface area (Å²) >= 11 is 0. The molecule has 0 aliphatic rings. The highest BCUT2D eigenvalue weighted by Crippen LogP contribution is 2.38. The van der Waals surface area contributed by atoms with E-state index in [4.69, 9.17) is 4.99 Å². The molecule has 1 atom stereocenters. The van der Waals surface area contributed by atoms with Gasteiger partial charge in [0.15, 0.2) is 0 Å². The first-order valence-electron chi connectivity index (χ1n) is 13.4. The lowest BCUT2D eigenvalue weighted by Crippen LogP contribution is -2.17. The number of phenols is 2. The van der Waals surface area contributed by atoms with E-state index in [0.29, 0.717) is 18.0 Å². The van der Waals surface area contributed by atoms with Gasteiger partial charge in [-0.1, -0.05) is 95.2 Å². The van der Waals surface area contributed by atoms with Crippen molar-refractivity contribution in [2.24, 2.45) is 9.98 Å². The third-order valence-corrected chi connectivity index (χ3v) is 6.69. The number of benzene rings is 2. The van der Waals surface area contributed by atoms with E-state index in [0.717, 1.165) is 22.3 Å². The fourth-order valence-corrected chi connectivity index (χ4v) is 4.08. The van der Waals surface area contributed by atoms with Crippen molar-refractivity contribution in [3.63, 3.8) is 0 Å². The molecule has 2 rings (SSSR count). The van der Waals surface area contributed by atoms with Crippen molar-refractivity contribution < 1.29 is 10.2 Å². The second-order valence-electron chi connectivity index (χ2n) is 14.5. The molecule has 0 amide bonds. The largest absolute Gasteiger partial charge is 0.507 e. The second-order valence-corrected chi connectivity index (χ2v) is 14.5. The van der Waals surface area contributed by atoms with Crippen LogP contribution in [0, 0.1) is 0 Å². The number of nitrogens with zero attached hydrogens (tertiary/aromatic N) is 2. The third-order valence-electron chi connectivity index (χ3n) is 6.69. The Labute approximate surface area is 226 Å². The average molecular weight is 507 g/mol. The quantitative estimate of drug-likeness (QED) is 0.401. The molecular formula is C33H50N2O2. The maximum atomic E-state index is 11.0. The summed E-state index contributed by atoms with van der Waals surface area (Å²) in [5.41, 5.74) is 5.23. The van der Waals surface area contributed by atoms with Crippen LogP contribution >= 0.6 is 0 Å². The van der Waals surface area contributed by atoms with Crippen LogP contribution in [0.1, 0.15) is 123 Å². The Morgan fingerprint density at radius 1 is 0.622 bits per heavy atom.